The molecule has 0 bridgehead atoms. The van der Waals surface area contributed by atoms with Crippen LogP contribution in [0, 0.1) is 18.3 Å². The highest BCUT2D eigenvalue weighted by molar-refractivity contribution is 5.89. The minimum Gasteiger partial charge on any atom is -0.381 e. The van der Waals surface area contributed by atoms with Crippen molar-refractivity contribution in [3.05, 3.63) is 59.2 Å². The van der Waals surface area contributed by atoms with E-state index in [9.17, 15) is 4.79 Å². The molecule has 0 radical (unpaired) electrons. The van der Waals surface area contributed by atoms with Crippen molar-refractivity contribution in [2.24, 2.45) is 0 Å². The summed E-state index contributed by atoms with van der Waals surface area (Å²) < 4.78 is 0. The maximum absolute atomic E-state index is 11.1. The minimum absolute atomic E-state index is 0.0728. The third-order valence-corrected chi connectivity index (χ3v) is 3.12. The Hall–Kier alpha value is -2.80. The Bertz CT molecular complexity index is 684. The average molecular weight is 279 g/mol. The highest BCUT2D eigenvalue weighted by Gasteiger charge is 2.02. The fourth-order valence-electron chi connectivity index (χ4n) is 2.00. The lowest BCUT2D eigenvalue weighted by Gasteiger charge is -2.11. The zero-order valence-electron chi connectivity index (χ0n) is 12.1. The Kier molecular flexibility index (Phi) is 4.57. The average Bonchev–Trinajstić information content (AvgIpc) is 2.48. The van der Waals surface area contributed by atoms with Crippen LogP contribution in [-0.2, 0) is 11.3 Å². The Morgan fingerprint density at radius 1 is 1.19 bits per heavy atom. The molecule has 0 saturated heterocycles. The van der Waals surface area contributed by atoms with Gasteiger partial charge in [-0.15, -0.1) is 0 Å². The van der Waals surface area contributed by atoms with E-state index in [1.54, 1.807) is 0 Å². The smallest absolute Gasteiger partial charge is 0.221 e. The van der Waals surface area contributed by atoms with Gasteiger partial charge < -0.3 is 10.6 Å². The van der Waals surface area contributed by atoms with Crippen LogP contribution in [0.3, 0.4) is 0 Å². The van der Waals surface area contributed by atoms with Crippen molar-refractivity contribution in [1.82, 2.24) is 0 Å². The first-order valence-electron chi connectivity index (χ1n) is 6.69. The fourth-order valence-corrected chi connectivity index (χ4v) is 2.00. The maximum Gasteiger partial charge on any atom is 0.221 e. The second-order valence-electron chi connectivity index (χ2n) is 4.87. The summed E-state index contributed by atoms with van der Waals surface area (Å²) in [5.74, 6) is -0.0728. The van der Waals surface area contributed by atoms with Crippen molar-refractivity contribution in [3.63, 3.8) is 0 Å². The molecule has 2 N–H and O–H groups in total. The molecule has 0 aliphatic heterocycles. The van der Waals surface area contributed by atoms with Gasteiger partial charge in [0.05, 0.1) is 11.6 Å². The summed E-state index contributed by atoms with van der Waals surface area (Å²) in [6.07, 6.45) is 0. The Morgan fingerprint density at radius 3 is 2.48 bits per heavy atom. The van der Waals surface area contributed by atoms with Gasteiger partial charge in [-0.25, -0.2) is 0 Å². The number of nitrogens with zero attached hydrogens (tertiary/aromatic N) is 1. The van der Waals surface area contributed by atoms with Gasteiger partial charge in [0, 0.05) is 24.8 Å². The number of hydrogen-bond donors (Lipinski definition) is 2. The number of nitriles is 1. The van der Waals surface area contributed by atoms with Crippen molar-refractivity contribution < 1.29 is 4.79 Å². The molecule has 2 rings (SSSR count). The van der Waals surface area contributed by atoms with E-state index in [4.69, 9.17) is 5.26 Å². The molecule has 2 aromatic rings. The Labute approximate surface area is 124 Å². The quantitative estimate of drug-likeness (QED) is 0.901. The molecule has 4 heteroatoms. The van der Waals surface area contributed by atoms with Crippen LogP contribution in [0.2, 0.25) is 0 Å². The normalized spacial score (nSPS) is 9.76. The Balaban J connectivity index is 2.01. The molecule has 0 fully saturated rings. The van der Waals surface area contributed by atoms with Crippen LogP contribution in [0.4, 0.5) is 11.4 Å². The fraction of sp³-hybridized carbons (Fsp3) is 0.176. The second kappa shape index (κ2) is 6.58. The molecule has 0 aliphatic carbocycles. The molecule has 21 heavy (non-hydrogen) atoms. The number of aryl methyl sites for hydroxylation is 1. The van der Waals surface area contributed by atoms with Crippen LogP contribution in [0.25, 0.3) is 0 Å². The van der Waals surface area contributed by atoms with Crippen molar-refractivity contribution in [2.75, 3.05) is 10.6 Å². The lowest BCUT2D eigenvalue weighted by molar-refractivity contribution is -0.114. The SMILES string of the molecule is CC(=O)Nc1ccc(NCc2ccc(C#N)cc2)cc1C. The van der Waals surface area contributed by atoms with Gasteiger partial charge in [-0.05, 0) is 48.4 Å². The number of hydrogen-bond acceptors (Lipinski definition) is 3. The number of carbonyl (C=O) groups is 1. The van der Waals surface area contributed by atoms with E-state index in [-0.39, 0.29) is 5.91 Å². The molecule has 0 aliphatic rings. The molecule has 0 saturated carbocycles. The first-order valence-corrected chi connectivity index (χ1v) is 6.69. The molecule has 4 nitrogen and oxygen atoms in total. The molecule has 0 heterocycles. The van der Waals surface area contributed by atoms with E-state index < -0.39 is 0 Å². The lowest BCUT2D eigenvalue weighted by atomic mass is 10.1. The zero-order valence-corrected chi connectivity index (χ0v) is 12.1. The van der Waals surface area contributed by atoms with Gasteiger partial charge in [0.2, 0.25) is 5.91 Å². The molecule has 0 aromatic heterocycles. The predicted octanol–water partition coefficient (Wildman–Crippen LogP) is 3.44. The Morgan fingerprint density at radius 2 is 1.90 bits per heavy atom. The highest BCUT2D eigenvalue weighted by Crippen LogP contribution is 2.20. The summed E-state index contributed by atoms with van der Waals surface area (Å²) in [5, 5.41) is 14.9. The molecular weight excluding hydrogens is 262 g/mol. The van der Waals surface area contributed by atoms with Crippen molar-refractivity contribution in [3.8, 4) is 6.07 Å². The molecule has 0 unspecified atom stereocenters. The van der Waals surface area contributed by atoms with Gasteiger partial charge in [0.25, 0.3) is 0 Å². The number of carbonyl (C=O) groups excluding carboxylic acids is 1. The molecule has 0 spiro atoms. The lowest BCUT2D eigenvalue weighted by Crippen LogP contribution is -2.07. The summed E-state index contributed by atoms with van der Waals surface area (Å²) in [6.45, 7) is 4.14. The molecule has 2 aromatic carbocycles. The molecule has 106 valence electrons. The van der Waals surface area contributed by atoms with Crippen LogP contribution >= 0.6 is 0 Å². The van der Waals surface area contributed by atoms with Gasteiger partial charge in [-0.2, -0.15) is 5.26 Å². The maximum atomic E-state index is 11.1. The largest absolute Gasteiger partial charge is 0.381 e. The van der Waals surface area contributed by atoms with E-state index in [0.29, 0.717) is 12.1 Å². The van der Waals surface area contributed by atoms with Crippen molar-refractivity contribution >= 4 is 17.3 Å². The topological polar surface area (TPSA) is 64.9 Å². The van der Waals surface area contributed by atoms with Gasteiger partial charge in [-0.1, -0.05) is 12.1 Å². The van der Waals surface area contributed by atoms with Gasteiger partial charge in [0.15, 0.2) is 0 Å². The van der Waals surface area contributed by atoms with Gasteiger partial charge >= 0.3 is 0 Å². The van der Waals surface area contributed by atoms with Crippen LogP contribution in [0.1, 0.15) is 23.6 Å². The first kappa shape index (κ1) is 14.6. The van der Waals surface area contributed by atoms with Gasteiger partial charge in [-0.3, -0.25) is 4.79 Å². The monoisotopic (exact) mass is 279 g/mol. The van der Waals surface area contributed by atoms with Crippen LogP contribution in [0.5, 0.6) is 0 Å². The number of benzene rings is 2. The third-order valence-electron chi connectivity index (χ3n) is 3.12. The van der Waals surface area contributed by atoms with E-state index in [2.05, 4.69) is 16.7 Å². The number of amides is 1. The van der Waals surface area contributed by atoms with E-state index in [1.807, 2.05) is 49.4 Å². The summed E-state index contributed by atoms with van der Waals surface area (Å²) in [7, 11) is 0. The minimum atomic E-state index is -0.0728. The summed E-state index contributed by atoms with van der Waals surface area (Å²) in [6, 6.07) is 15.4. The van der Waals surface area contributed by atoms with Crippen LogP contribution < -0.4 is 10.6 Å². The molecule has 1 amide bonds. The van der Waals surface area contributed by atoms with E-state index in [0.717, 1.165) is 22.5 Å². The molecular formula is C17H17N3O. The molecule has 0 atom stereocenters. The predicted molar refractivity (Wildman–Crippen MR) is 84.0 cm³/mol. The highest BCUT2D eigenvalue weighted by atomic mass is 16.1. The van der Waals surface area contributed by atoms with Gasteiger partial charge in [0.1, 0.15) is 0 Å². The van der Waals surface area contributed by atoms with Crippen LogP contribution in [0.15, 0.2) is 42.5 Å². The first-order chi connectivity index (χ1) is 10.1. The van der Waals surface area contributed by atoms with Crippen LogP contribution in [-0.4, -0.2) is 5.91 Å². The number of rotatable bonds is 4. The third kappa shape index (κ3) is 4.08. The number of anilines is 2. The van der Waals surface area contributed by atoms with E-state index >= 15 is 0 Å². The number of nitrogens with one attached hydrogen (secondary N) is 2. The van der Waals surface area contributed by atoms with E-state index in [1.165, 1.54) is 6.92 Å². The second-order valence-corrected chi connectivity index (χ2v) is 4.87. The standard InChI is InChI=1S/C17H17N3O/c1-12-9-16(7-8-17(12)20-13(2)21)19-11-15-5-3-14(10-18)4-6-15/h3-9,19H,11H2,1-2H3,(H,20,21). The van der Waals surface area contributed by atoms with Crippen molar-refractivity contribution in [2.45, 2.75) is 20.4 Å². The summed E-state index contributed by atoms with van der Waals surface area (Å²) >= 11 is 0. The summed E-state index contributed by atoms with van der Waals surface area (Å²) in [4.78, 5) is 11.1. The van der Waals surface area contributed by atoms with Crippen molar-refractivity contribution in [1.29, 1.82) is 5.26 Å². The summed E-state index contributed by atoms with van der Waals surface area (Å²) in [5.41, 5.74) is 4.60. The zero-order chi connectivity index (χ0) is 15.2.